The van der Waals surface area contributed by atoms with Crippen molar-refractivity contribution in [3.63, 3.8) is 0 Å². The maximum Gasteiger partial charge on any atom is 0.222 e. The molecule has 0 unspecified atom stereocenters. The molecule has 2 N–H and O–H groups in total. The van der Waals surface area contributed by atoms with Gasteiger partial charge < -0.3 is 20.1 Å². The van der Waals surface area contributed by atoms with Gasteiger partial charge in [-0.1, -0.05) is 36.4 Å². The summed E-state index contributed by atoms with van der Waals surface area (Å²) in [6, 6.07) is 16.6. The van der Waals surface area contributed by atoms with E-state index in [1.807, 2.05) is 23.1 Å². The summed E-state index contributed by atoms with van der Waals surface area (Å²) in [7, 11) is 1.79. The molecule has 1 aromatic heterocycles. The Balaban J connectivity index is 0.00000306. The van der Waals surface area contributed by atoms with Gasteiger partial charge in [-0.15, -0.1) is 24.0 Å². The number of aryl methyl sites for hydroxylation is 2. The number of carbonyl (C=O) groups is 1. The molecule has 0 radical (unpaired) electrons. The van der Waals surface area contributed by atoms with Gasteiger partial charge in [-0.3, -0.25) is 9.79 Å². The number of likely N-dealkylation sites (tertiary alicyclic amines) is 1. The van der Waals surface area contributed by atoms with Crippen molar-refractivity contribution in [2.24, 2.45) is 4.99 Å². The number of benzene rings is 2. The van der Waals surface area contributed by atoms with Crippen molar-refractivity contribution in [1.82, 2.24) is 25.1 Å². The van der Waals surface area contributed by atoms with Crippen molar-refractivity contribution in [2.75, 3.05) is 20.1 Å². The lowest BCUT2D eigenvalue weighted by atomic mass is 10.1. The summed E-state index contributed by atoms with van der Waals surface area (Å²) in [5.74, 6) is 2.08. The molecule has 0 saturated carbocycles. The third kappa shape index (κ3) is 6.25. The molecule has 7 nitrogen and oxygen atoms in total. The number of halogens is 1. The molecule has 8 heteroatoms. The zero-order chi connectivity index (χ0) is 22.3. The minimum atomic E-state index is 0. The van der Waals surface area contributed by atoms with Crippen LogP contribution in [0.5, 0.6) is 0 Å². The van der Waals surface area contributed by atoms with Crippen LogP contribution >= 0.6 is 24.0 Å². The number of hydrogen-bond acceptors (Lipinski definition) is 3. The third-order valence-corrected chi connectivity index (χ3v) is 6.02. The fraction of sp³-hybridized carbons (Fsp3) is 0.400. The predicted octanol–water partition coefficient (Wildman–Crippen LogP) is 3.84. The number of fused-ring (bicyclic) bond motifs is 1. The molecular formula is C25H33IN6O. The monoisotopic (exact) mass is 560 g/mol. The minimum absolute atomic E-state index is 0. The van der Waals surface area contributed by atoms with Crippen molar-refractivity contribution in [3.8, 4) is 0 Å². The Morgan fingerprint density at radius 2 is 1.85 bits per heavy atom. The molecule has 1 amide bonds. The van der Waals surface area contributed by atoms with Crippen molar-refractivity contribution in [1.29, 1.82) is 0 Å². The van der Waals surface area contributed by atoms with Gasteiger partial charge in [0.05, 0.1) is 11.0 Å². The lowest BCUT2D eigenvalue weighted by molar-refractivity contribution is -0.128. The number of hydrogen-bond donors (Lipinski definition) is 2. The van der Waals surface area contributed by atoms with Gasteiger partial charge in [0.25, 0.3) is 0 Å². The third-order valence-electron chi connectivity index (χ3n) is 6.02. The van der Waals surface area contributed by atoms with Gasteiger partial charge in [0.15, 0.2) is 5.96 Å². The van der Waals surface area contributed by atoms with Crippen LogP contribution in [0.1, 0.15) is 36.2 Å². The number of carbonyl (C=O) groups excluding carboxylic acids is 1. The van der Waals surface area contributed by atoms with Crippen molar-refractivity contribution in [3.05, 3.63) is 65.5 Å². The maximum absolute atomic E-state index is 12.0. The summed E-state index contributed by atoms with van der Waals surface area (Å²) in [5, 5.41) is 6.82. The van der Waals surface area contributed by atoms with Gasteiger partial charge in [-0.2, -0.15) is 0 Å². The standard InChI is InChI=1S/C25H32N6O.HI/c1-19-29-22-11-5-6-12-23(22)31(19)16-8-14-27-25(26-2)28-17-20-9-3-4-10-21(20)18-30-15-7-13-24(30)32;/h3-6,9-12H,7-8,13-18H2,1-2H3,(H2,26,27,28);1H. The zero-order valence-corrected chi connectivity index (χ0v) is 21.7. The molecule has 176 valence electrons. The van der Waals surface area contributed by atoms with Gasteiger partial charge in [-0.05, 0) is 43.0 Å². The summed E-state index contributed by atoms with van der Waals surface area (Å²) >= 11 is 0. The molecule has 1 aliphatic rings. The summed E-state index contributed by atoms with van der Waals surface area (Å²) in [4.78, 5) is 23.0. The highest BCUT2D eigenvalue weighted by molar-refractivity contribution is 14.0. The largest absolute Gasteiger partial charge is 0.356 e. The normalized spacial score (nSPS) is 13.9. The highest BCUT2D eigenvalue weighted by Gasteiger charge is 2.20. The van der Waals surface area contributed by atoms with Gasteiger partial charge >= 0.3 is 0 Å². The average Bonchev–Trinajstić information content (AvgIpc) is 3.36. The Morgan fingerprint density at radius 1 is 1.09 bits per heavy atom. The fourth-order valence-electron chi connectivity index (χ4n) is 4.28. The van der Waals surface area contributed by atoms with Crippen LogP contribution in [0.4, 0.5) is 0 Å². The van der Waals surface area contributed by atoms with Crippen molar-refractivity contribution in [2.45, 2.75) is 45.8 Å². The summed E-state index contributed by atoms with van der Waals surface area (Å²) in [6.45, 7) is 5.99. The predicted molar refractivity (Wildman–Crippen MR) is 144 cm³/mol. The van der Waals surface area contributed by atoms with Crippen LogP contribution in [-0.2, 0) is 24.4 Å². The maximum atomic E-state index is 12.0. The van der Waals surface area contributed by atoms with Crippen LogP contribution in [0.25, 0.3) is 11.0 Å². The van der Waals surface area contributed by atoms with E-state index < -0.39 is 0 Å². The van der Waals surface area contributed by atoms with E-state index in [9.17, 15) is 4.79 Å². The molecule has 0 bridgehead atoms. The molecule has 2 heterocycles. The minimum Gasteiger partial charge on any atom is -0.356 e. The first kappa shape index (κ1) is 25.0. The van der Waals surface area contributed by atoms with E-state index in [1.54, 1.807) is 7.05 Å². The molecule has 4 rings (SSSR count). The smallest absolute Gasteiger partial charge is 0.222 e. The molecule has 2 aromatic carbocycles. The first-order valence-electron chi connectivity index (χ1n) is 11.4. The number of imidazole rings is 1. The lowest BCUT2D eigenvalue weighted by Crippen LogP contribution is -2.38. The SMILES string of the molecule is CN=C(NCCCn1c(C)nc2ccccc21)NCc1ccccc1CN1CCCC1=O.I. The van der Waals surface area contributed by atoms with Crippen LogP contribution < -0.4 is 10.6 Å². The quantitative estimate of drug-likeness (QED) is 0.190. The van der Waals surface area contributed by atoms with Crippen LogP contribution in [0.15, 0.2) is 53.5 Å². The second-order valence-corrected chi connectivity index (χ2v) is 8.19. The zero-order valence-electron chi connectivity index (χ0n) is 19.4. The average molecular weight is 560 g/mol. The number of nitrogens with zero attached hydrogens (tertiary/aromatic N) is 4. The van der Waals surface area contributed by atoms with Crippen LogP contribution in [-0.4, -0.2) is 46.5 Å². The van der Waals surface area contributed by atoms with E-state index >= 15 is 0 Å². The number of guanidine groups is 1. The van der Waals surface area contributed by atoms with E-state index in [0.29, 0.717) is 19.5 Å². The van der Waals surface area contributed by atoms with E-state index in [2.05, 4.69) is 62.4 Å². The number of rotatable bonds is 8. The topological polar surface area (TPSA) is 74.6 Å². The first-order chi connectivity index (χ1) is 15.7. The molecule has 0 aliphatic carbocycles. The molecular weight excluding hydrogens is 527 g/mol. The van der Waals surface area contributed by atoms with Crippen LogP contribution in [0.3, 0.4) is 0 Å². The molecule has 0 spiro atoms. The van der Waals surface area contributed by atoms with Crippen molar-refractivity contribution >= 4 is 46.9 Å². The number of aliphatic imine (C=N–C) groups is 1. The van der Waals surface area contributed by atoms with Gasteiger partial charge in [-0.25, -0.2) is 4.98 Å². The Hall–Kier alpha value is -2.62. The molecule has 1 saturated heterocycles. The van der Waals surface area contributed by atoms with E-state index in [-0.39, 0.29) is 29.9 Å². The van der Waals surface area contributed by atoms with Crippen LogP contribution in [0.2, 0.25) is 0 Å². The summed E-state index contributed by atoms with van der Waals surface area (Å²) in [6.07, 6.45) is 2.60. The van der Waals surface area contributed by atoms with Gasteiger partial charge in [0, 0.05) is 46.2 Å². The van der Waals surface area contributed by atoms with Gasteiger partial charge in [0.1, 0.15) is 5.82 Å². The van der Waals surface area contributed by atoms with E-state index in [0.717, 1.165) is 49.8 Å². The number of para-hydroxylation sites is 2. The Morgan fingerprint density at radius 3 is 2.61 bits per heavy atom. The van der Waals surface area contributed by atoms with Gasteiger partial charge in [0.2, 0.25) is 5.91 Å². The Kier molecular flexibility index (Phi) is 9.11. The lowest BCUT2D eigenvalue weighted by Gasteiger charge is -2.19. The molecule has 0 atom stereocenters. The Labute approximate surface area is 212 Å². The number of amides is 1. The Bertz CT molecular complexity index is 1110. The molecule has 1 aliphatic heterocycles. The summed E-state index contributed by atoms with van der Waals surface area (Å²) in [5.41, 5.74) is 4.61. The van der Waals surface area contributed by atoms with E-state index in [4.69, 9.17) is 0 Å². The van der Waals surface area contributed by atoms with Crippen molar-refractivity contribution < 1.29 is 4.79 Å². The first-order valence-corrected chi connectivity index (χ1v) is 11.4. The molecule has 3 aromatic rings. The second kappa shape index (κ2) is 12.0. The highest BCUT2D eigenvalue weighted by Crippen LogP contribution is 2.17. The van der Waals surface area contributed by atoms with E-state index in [1.165, 1.54) is 16.6 Å². The highest BCUT2D eigenvalue weighted by atomic mass is 127. The summed E-state index contributed by atoms with van der Waals surface area (Å²) < 4.78 is 2.27. The number of aromatic nitrogens is 2. The molecule has 1 fully saturated rings. The van der Waals surface area contributed by atoms with Crippen LogP contribution in [0, 0.1) is 6.92 Å². The molecule has 33 heavy (non-hydrogen) atoms. The fourth-order valence-corrected chi connectivity index (χ4v) is 4.28. The number of nitrogens with one attached hydrogen (secondary N) is 2. The second-order valence-electron chi connectivity index (χ2n) is 8.19.